The van der Waals surface area contributed by atoms with E-state index in [1.807, 2.05) is 0 Å². The van der Waals surface area contributed by atoms with E-state index >= 15 is 0 Å². The lowest BCUT2D eigenvalue weighted by molar-refractivity contribution is -0.137. The number of nitrogens with one attached hydrogen (secondary N) is 1. The molecule has 0 saturated heterocycles. The molecule has 1 unspecified atom stereocenters. The van der Waals surface area contributed by atoms with Gasteiger partial charge in [0.25, 0.3) is 0 Å². The second-order valence-corrected chi connectivity index (χ2v) is 8.44. The Morgan fingerprint density at radius 3 is 2.69 bits per heavy atom. The van der Waals surface area contributed by atoms with E-state index in [-0.39, 0.29) is 11.4 Å². The fourth-order valence-electron chi connectivity index (χ4n) is 2.72. The number of anilines is 1. The van der Waals surface area contributed by atoms with Crippen LogP contribution >= 0.6 is 35.0 Å². The minimum atomic E-state index is -4.49. The zero-order valence-electron chi connectivity index (χ0n) is 16.8. The molecule has 0 fully saturated rings. The number of carbonyl (C=O) groups is 1. The summed E-state index contributed by atoms with van der Waals surface area (Å²) >= 11 is 13.2. The maximum atomic E-state index is 12.8. The quantitative estimate of drug-likeness (QED) is 0.399. The van der Waals surface area contributed by atoms with Gasteiger partial charge in [-0.1, -0.05) is 41.0 Å². The van der Waals surface area contributed by atoms with Crippen LogP contribution in [0.25, 0.3) is 0 Å². The molecule has 6 nitrogen and oxygen atoms in total. The third kappa shape index (κ3) is 6.08. The summed E-state index contributed by atoms with van der Waals surface area (Å²) in [5, 5.41) is 11.9. The molecule has 0 bridgehead atoms. The van der Waals surface area contributed by atoms with Crippen LogP contribution in [0.3, 0.4) is 0 Å². The zero-order valence-corrected chi connectivity index (χ0v) is 19.1. The molecule has 12 heteroatoms. The maximum absolute atomic E-state index is 12.8. The second kappa shape index (κ2) is 10.0. The molecule has 3 rings (SSSR count). The van der Waals surface area contributed by atoms with E-state index in [2.05, 4.69) is 15.5 Å². The van der Waals surface area contributed by atoms with Crippen LogP contribution in [0.5, 0.6) is 5.75 Å². The average molecular weight is 505 g/mol. The molecule has 3 aromatic rings. The number of ether oxygens (including phenoxy) is 1. The van der Waals surface area contributed by atoms with Crippen molar-refractivity contribution in [3.8, 4) is 5.75 Å². The smallest absolute Gasteiger partial charge is 0.416 e. The van der Waals surface area contributed by atoms with Gasteiger partial charge in [0.1, 0.15) is 5.75 Å². The fourth-order valence-corrected chi connectivity index (χ4v) is 3.76. The highest BCUT2D eigenvalue weighted by molar-refractivity contribution is 7.99. The third-order valence-electron chi connectivity index (χ3n) is 4.24. The van der Waals surface area contributed by atoms with Gasteiger partial charge < -0.3 is 14.6 Å². The van der Waals surface area contributed by atoms with Gasteiger partial charge in [-0.25, -0.2) is 0 Å². The summed E-state index contributed by atoms with van der Waals surface area (Å²) in [7, 11) is 1.71. The van der Waals surface area contributed by atoms with Crippen molar-refractivity contribution >= 4 is 46.6 Å². The van der Waals surface area contributed by atoms with Crippen molar-refractivity contribution in [3.05, 3.63) is 63.9 Å². The molecular weight excluding hydrogens is 488 g/mol. The Morgan fingerprint density at radius 1 is 1.22 bits per heavy atom. The minimum Gasteiger partial charge on any atom is -0.481 e. The minimum absolute atomic E-state index is 0.0597. The molecule has 0 aliphatic heterocycles. The first-order valence-corrected chi connectivity index (χ1v) is 10.9. The first kappa shape index (κ1) is 24.2. The molecule has 1 atom stereocenters. The Balaban J connectivity index is 1.61. The summed E-state index contributed by atoms with van der Waals surface area (Å²) in [6, 6.07) is 9.28. The summed E-state index contributed by atoms with van der Waals surface area (Å²) < 4.78 is 45.9. The van der Waals surface area contributed by atoms with Crippen molar-refractivity contribution in [2.24, 2.45) is 7.05 Å². The Hall–Kier alpha value is -2.43. The van der Waals surface area contributed by atoms with Crippen LogP contribution in [0, 0.1) is 0 Å². The standard InChI is InChI=1S/C20H17Cl2F3N4O2S/c1-11(31-16-9-13(21)6-7-15(16)22)18-27-28-19(29(18)2)32-10-17(30)26-14-5-3-4-12(8-14)20(23,24)25/h3-9,11H,10H2,1-2H3,(H,26,30). The number of aromatic nitrogens is 3. The van der Waals surface area contributed by atoms with Crippen molar-refractivity contribution in [2.75, 3.05) is 11.1 Å². The van der Waals surface area contributed by atoms with Crippen LogP contribution < -0.4 is 10.1 Å². The van der Waals surface area contributed by atoms with Gasteiger partial charge >= 0.3 is 6.18 Å². The number of hydrogen-bond acceptors (Lipinski definition) is 5. The highest BCUT2D eigenvalue weighted by Gasteiger charge is 2.30. The summed E-state index contributed by atoms with van der Waals surface area (Å²) in [4.78, 5) is 12.2. The van der Waals surface area contributed by atoms with Crippen molar-refractivity contribution in [1.29, 1.82) is 0 Å². The van der Waals surface area contributed by atoms with Gasteiger partial charge in [-0.3, -0.25) is 4.79 Å². The van der Waals surface area contributed by atoms with E-state index in [9.17, 15) is 18.0 Å². The normalized spacial score (nSPS) is 12.5. The highest BCUT2D eigenvalue weighted by atomic mass is 35.5. The number of thioether (sulfide) groups is 1. The summed E-state index contributed by atoms with van der Waals surface area (Å²) in [5.74, 6) is 0.331. The molecule has 170 valence electrons. The zero-order chi connectivity index (χ0) is 23.5. The SMILES string of the molecule is CC(Oc1cc(Cl)ccc1Cl)c1nnc(SCC(=O)Nc2cccc(C(F)(F)F)c2)n1C. The average Bonchev–Trinajstić information content (AvgIpc) is 3.09. The van der Waals surface area contributed by atoms with Crippen LogP contribution in [0.1, 0.15) is 24.4 Å². The molecule has 0 spiro atoms. The Labute approximate surface area is 196 Å². The van der Waals surface area contributed by atoms with Crippen LogP contribution in [0.2, 0.25) is 10.0 Å². The molecule has 1 N–H and O–H groups in total. The molecule has 32 heavy (non-hydrogen) atoms. The van der Waals surface area contributed by atoms with Crippen LogP contribution in [0.15, 0.2) is 47.6 Å². The van der Waals surface area contributed by atoms with E-state index in [0.717, 1.165) is 23.9 Å². The van der Waals surface area contributed by atoms with E-state index < -0.39 is 23.8 Å². The molecule has 1 amide bonds. The predicted molar refractivity (Wildman–Crippen MR) is 117 cm³/mol. The lowest BCUT2D eigenvalue weighted by atomic mass is 10.2. The lowest BCUT2D eigenvalue weighted by Gasteiger charge is -2.15. The number of alkyl halides is 3. The molecule has 1 heterocycles. The number of halogens is 5. The third-order valence-corrected chi connectivity index (χ3v) is 5.80. The number of rotatable bonds is 7. The molecule has 1 aromatic heterocycles. The number of carbonyl (C=O) groups excluding carboxylic acids is 1. The van der Waals surface area contributed by atoms with Crippen molar-refractivity contribution in [3.63, 3.8) is 0 Å². The van der Waals surface area contributed by atoms with Crippen molar-refractivity contribution in [1.82, 2.24) is 14.8 Å². The van der Waals surface area contributed by atoms with Crippen molar-refractivity contribution in [2.45, 2.75) is 24.4 Å². The maximum Gasteiger partial charge on any atom is 0.416 e. The van der Waals surface area contributed by atoms with Gasteiger partial charge in [-0.15, -0.1) is 10.2 Å². The van der Waals surface area contributed by atoms with Gasteiger partial charge in [0.05, 0.1) is 16.3 Å². The van der Waals surface area contributed by atoms with Gasteiger partial charge in [0.2, 0.25) is 5.91 Å². The molecule has 0 radical (unpaired) electrons. The first-order chi connectivity index (χ1) is 15.0. The van der Waals surface area contributed by atoms with Gasteiger partial charge in [0, 0.05) is 23.8 Å². The fraction of sp³-hybridized carbons (Fsp3) is 0.250. The summed E-state index contributed by atoms with van der Waals surface area (Å²) in [6.45, 7) is 1.76. The number of hydrogen-bond donors (Lipinski definition) is 1. The van der Waals surface area contributed by atoms with E-state index in [1.165, 1.54) is 12.1 Å². The van der Waals surface area contributed by atoms with E-state index in [4.69, 9.17) is 27.9 Å². The summed E-state index contributed by atoms with van der Waals surface area (Å²) in [6.07, 6.45) is -5.00. The largest absolute Gasteiger partial charge is 0.481 e. The highest BCUT2D eigenvalue weighted by Crippen LogP contribution is 2.32. The monoisotopic (exact) mass is 504 g/mol. The Kier molecular flexibility index (Phi) is 7.58. The topological polar surface area (TPSA) is 69.0 Å². The molecule has 2 aromatic carbocycles. The van der Waals surface area contributed by atoms with Crippen LogP contribution in [0.4, 0.5) is 18.9 Å². The Bertz CT molecular complexity index is 1120. The first-order valence-electron chi connectivity index (χ1n) is 9.15. The number of amides is 1. The lowest BCUT2D eigenvalue weighted by Crippen LogP contribution is -2.15. The molecule has 0 saturated carbocycles. The summed E-state index contributed by atoms with van der Waals surface area (Å²) in [5.41, 5.74) is -0.779. The van der Waals surface area contributed by atoms with E-state index in [0.29, 0.717) is 26.8 Å². The van der Waals surface area contributed by atoms with Crippen molar-refractivity contribution < 1.29 is 22.7 Å². The molecule has 0 aliphatic carbocycles. The number of benzene rings is 2. The molecule has 0 aliphatic rings. The van der Waals surface area contributed by atoms with Gasteiger partial charge in [-0.2, -0.15) is 13.2 Å². The second-order valence-electron chi connectivity index (χ2n) is 6.65. The van der Waals surface area contributed by atoms with Crippen LogP contribution in [-0.2, 0) is 18.0 Å². The molecular formula is C20H17Cl2F3N4O2S. The van der Waals surface area contributed by atoms with E-state index in [1.54, 1.807) is 36.7 Å². The predicted octanol–water partition coefficient (Wildman–Crippen LogP) is 6.01. The Morgan fingerprint density at radius 2 is 1.97 bits per heavy atom. The van der Waals surface area contributed by atoms with Crippen LogP contribution in [-0.4, -0.2) is 26.4 Å². The van der Waals surface area contributed by atoms with Gasteiger partial charge in [0.15, 0.2) is 17.1 Å². The number of nitrogens with zero attached hydrogens (tertiary/aromatic N) is 3. The van der Waals surface area contributed by atoms with Gasteiger partial charge in [-0.05, 0) is 37.3 Å².